The van der Waals surface area contributed by atoms with E-state index in [1.54, 1.807) is 12.1 Å². The highest BCUT2D eigenvalue weighted by Gasteiger charge is 2.32. The molecule has 3 rings (SSSR count). The zero-order chi connectivity index (χ0) is 19.7. The fourth-order valence-corrected chi connectivity index (χ4v) is 3.51. The van der Waals surface area contributed by atoms with Gasteiger partial charge in [0.25, 0.3) is 11.6 Å². The van der Waals surface area contributed by atoms with E-state index in [0.29, 0.717) is 17.0 Å². The van der Waals surface area contributed by atoms with Gasteiger partial charge in [-0.25, -0.2) is 0 Å². The Hall–Kier alpha value is -2.64. The second-order valence-corrected chi connectivity index (χ2v) is 6.94. The number of nitro groups is 1. The minimum absolute atomic E-state index is 0.0129. The highest BCUT2D eigenvalue weighted by atomic mass is 35.5. The van der Waals surface area contributed by atoms with Crippen molar-refractivity contribution in [2.45, 2.75) is 19.3 Å². The maximum atomic E-state index is 12.2. The first kappa shape index (κ1) is 19.1. The van der Waals surface area contributed by atoms with E-state index in [1.807, 2.05) is 6.92 Å². The van der Waals surface area contributed by atoms with Gasteiger partial charge in [-0.15, -0.1) is 0 Å². The molecule has 1 aliphatic carbocycles. The molecule has 0 saturated heterocycles. The third-order valence-electron chi connectivity index (χ3n) is 4.21. The van der Waals surface area contributed by atoms with Crippen molar-refractivity contribution in [1.29, 1.82) is 0 Å². The van der Waals surface area contributed by atoms with Gasteiger partial charge in [-0.3, -0.25) is 19.7 Å². The van der Waals surface area contributed by atoms with Gasteiger partial charge in [0.15, 0.2) is 12.4 Å². The quantitative estimate of drug-likeness (QED) is 0.575. The number of hydrogen-bond acceptors (Lipinski definition) is 5. The zero-order valence-electron chi connectivity index (χ0n) is 14.1. The average Bonchev–Trinajstić information content (AvgIpc) is 2.91. The molecule has 140 valence electrons. The number of nitro benzene ring substituents is 1. The van der Waals surface area contributed by atoms with Gasteiger partial charge in [-0.1, -0.05) is 30.1 Å². The molecule has 1 N–H and O–H groups in total. The third kappa shape index (κ3) is 3.89. The molecule has 2 aromatic rings. The lowest BCUT2D eigenvalue weighted by molar-refractivity contribution is -0.384. The van der Waals surface area contributed by atoms with Crippen LogP contribution in [-0.4, -0.2) is 23.2 Å². The minimum atomic E-state index is -0.591. The van der Waals surface area contributed by atoms with Crippen molar-refractivity contribution >= 4 is 46.3 Å². The summed E-state index contributed by atoms with van der Waals surface area (Å²) in [5.74, 6) is -0.387. The summed E-state index contributed by atoms with van der Waals surface area (Å²) in [6, 6.07) is 6.89. The maximum absolute atomic E-state index is 12.2. The summed E-state index contributed by atoms with van der Waals surface area (Å²) in [6.45, 7) is 1.51. The largest absolute Gasteiger partial charge is 0.483 e. The van der Waals surface area contributed by atoms with Crippen LogP contribution in [0.5, 0.6) is 5.75 Å². The van der Waals surface area contributed by atoms with Crippen molar-refractivity contribution in [3.63, 3.8) is 0 Å². The molecule has 0 aliphatic heterocycles. The molecule has 0 aromatic heterocycles. The Morgan fingerprint density at radius 1 is 1.30 bits per heavy atom. The number of fused-ring (bicyclic) bond motifs is 1. The Morgan fingerprint density at radius 3 is 2.70 bits per heavy atom. The number of rotatable bonds is 5. The Balaban J connectivity index is 1.74. The highest BCUT2D eigenvalue weighted by Crippen LogP contribution is 2.42. The molecule has 1 aliphatic rings. The fourth-order valence-electron chi connectivity index (χ4n) is 3.00. The number of nitrogens with one attached hydrogen (secondary N) is 1. The lowest BCUT2D eigenvalue weighted by Crippen LogP contribution is -2.21. The number of benzene rings is 2. The first-order valence-electron chi connectivity index (χ1n) is 8.00. The van der Waals surface area contributed by atoms with Crippen LogP contribution in [0.2, 0.25) is 10.0 Å². The lowest BCUT2D eigenvalue weighted by atomic mass is 10.0. The van der Waals surface area contributed by atoms with Crippen LogP contribution in [0.3, 0.4) is 0 Å². The van der Waals surface area contributed by atoms with E-state index in [1.165, 1.54) is 12.1 Å². The van der Waals surface area contributed by atoms with Gasteiger partial charge in [0.1, 0.15) is 5.75 Å². The molecule has 1 amide bonds. The van der Waals surface area contributed by atoms with Crippen LogP contribution in [0.15, 0.2) is 30.3 Å². The van der Waals surface area contributed by atoms with Gasteiger partial charge in [0.05, 0.1) is 21.2 Å². The molecule has 0 bridgehead atoms. The SMILES string of the molecule is CC1CC(=O)c2c(OCC(=O)Nc3cc([N+](=O)[O-])ccc3Cl)ccc(Cl)c21. The molecular weight excluding hydrogens is 395 g/mol. The van der Waals surface area contributed by atoms with E-state index in [-0.39, 0.29) is 33.8 Å². The number of anilines is 1. The van der Waals surface area contributed by atoms with E-state index in [4.69, 9.17) is 27.9 Å². The van der Waals surface area contributed by atoms with Crippen LogP contribution < -0.4 is 10.1 Å². The number of ether oxygens (including phenoxy) is 1. The molecule has 0 heterocycles. The Morgan fingerprint density at radius 2 is 2.00 bits per heavy atom. The monoisotopic (exact) mass is 408 g/mol. The normalized spacial score (nSPS) is 15.4. The Kier molecular flexibility index (Phi) is 5.34. The maximum Gasteiger partial charge on any atom is 0.271 e. The molecule has 0 spiro atoms. The Bertz CT molecular complexity index is 961. The number of halogens is 2. The zero-order valence-corrected chi connectivity index (χ0v) is 15.6. The highest BCUT2D eigenvalue weighted by molar-refractivity contribution is 6.34. The number of amides is 1. The first-order valence-corrected chi connectivity index (χ1v) is 8.75. The van der Waals surface area contributed by atoms with Gasteiger partial charge in [-0.2, -0.15) is 0 Å². The lowest BCUT2D eigenvalue weighted by Gasteiger charge is -2.13. The van der Waals surface area contributed by atoms with Crippen molar-refractivity contribution in [2.24, 2.45) is 0 Å². The second-order valence-electron chi connectivity index (χ2n) is 6.12. The van der Waals surface area contributed by atoms with Crippen LogP contribution in [-0.2, 0) is 4.79 Å². The van der Waals surface area contributed by atoms with E-state index in [0.717, 1.165) is 11.6 Å². The van der Waals surface area contributed by atoms with Crippen molar-refractivity contribution in [1.82, 2.24) is 0 Å². The van der Waals surface area contributed by atoms with Crippen LogP contribution in [0.4, 0.5) is 11.4 Å². The van der Waals surface area contributed by atoms with E-state index >= 15 is 0 Å². The Labute approximate surface area is 164 Å². The number of Topliss-reactive ketones (excluding diaryl/α,β-unsaturated/α-hetero) is 1. The van der Waals surface area contributed by atoms with Crippen LogP contribution in [0, 0.1) is 10.1 Å². The van der Waals surface area contributed by atoms with E-state index in [9.17, 15) is 19.7 Å². The van der Waals surface area contributed by atoms with E-state index < -0.39 is 17.4 Å². The van der Waals surface area contributed by atoms with Gasteiger partial charge in [0, 0.05) is 23.6 Å². The number of hydrogen-bond donors (Lipinski definition) is 1. The number of nitrogens with zero attached hydrogens (tertiary/aromatic N) is 1. The molecule has 2 aromatic carbocycles. The number of non-ortho nitro benzene ring substituents is 1. The topological polar surface area (TPSA) is 98.5 Å². The molecule has 0 fully saturated rings. The molecule has 27 heavy (non-hydrogen) atoms. The van der Waals surface area contributed by atoms with Crippen molar-refractivity contribution in [2.75, 3.05) is 11.9 Å². The summed E-state index contributed by atoms with van der Waals surface area (Å²) in [5.41, 5.74) is 1.02. The van der Waals surface area contributed by atoms with Gasteiger partial charge >= 0.3 is 0 Å². The van der Waals surface area contributed by atoms with E-state index in [2.05, 4.69) is 5.32 Å². The van der Waals surface area contributed by atoms with Gasteiger partial charge < -0.3 is 10.1 Å². The summed E-state index contributed by atoms with van der Waals surface area (Å²) in [4.78, 5) is 34.6. The molecular formula is C18H14Cl2N2O5. The van der Waals surface area contributed by atoms with Crippen LogP contribution in [0.1, 0.15) is 35.2 Å². The van der Waals surface area contributed by atoms with Crippen molar-refractivity contribution in [3.8, 4) is 5.75 Å². The van der Waals surface area contributed by atoms with Crippen molar-refractivity contribution in [3.05, 3.63) is 61.6 Å². The van der Waals surface area contributed by atoms with Gasteiger partial charge in [-0.05, 0) is 29.7 Å². The molecule has 9 heteroatoms. The number of ketones is 1. The standard InChI is InChI=1S/C18H14Cl2N2O5/c1-9-6-14(23)18-15(5-4-12(20)17(9)18)27-8-16(24)21-13-7-10(22(25)26)2-3-11(13)19/h2-5,7,9H,6,8H2,1H3,(H,21,24). The van der Waals surface area contributed by atoms with Crippen molar-refractivity contribution < 1.29 is 19.2 Å². The molecule has 0 radical (unpaired) electrons. The second kappa shape index (κ2) is 7.54. The van der Waals surface area contributed by atoms with Gasteiger partial charge in [0.2, 0.25) is 0 Å². The summed E-state index contributed by atoms with van der Waals surface area (Å²) >= 11 is 12.1. The molecule has 1 unspecified atom stereocenters. The molecule has 1 atom stereocenters. The average molecular weight is 409 g/mol. The summed E-state index contributed by atoms with van der Waals surface area (Å²) in [5, 5.41) is 13.9. The summed E-state index contributed by atoms with van der Waals surface area (Å²) in [7, 11) is 0. The molecule has 7 nitrogen and oxygen atoms in total. The molecule has 0 saturated carbocycles. The van der Waals surface area contributed by atoms with Crippen LogP contribution >= 0.6 is 23.2 Å². The summed E-state index contributed by atoms with van der Waals surface area (Å²) < 4.78 is 5.51. The number of carbonyl (C=O) groups is 2. The predicted molar refractivity (Wildman–Crippen MR) is 101 cm³/mol. The first-order chi connectivity index (χ1) is 12.8. The predicted octanol–water partition coefficient (Wildman–Crippen LogP) is 4.61. The smallest absolute Gasteiger partial charge is 0.271 e. The third-order valence-corrected chi connectivity index (χ3v) is 4.87. The minimum Gasteiger partial charge on any atom is -0.483 e. The number of carbonyl (C=O) groups excluding carboxylic acids is 2. The summed E-state index contributed by atoms with van der Waals surface area (Å²) in [6.07, 6.45) is 0.338. The fraction of sp³-hybridized carbons (Fsp3) is 0.222. The van der Waals surface area contributed by atoms with Crippen LogP contribution in [0.25, 0.3) is 0 Å².